The van der Waals surface area contributed by atoms with E-state index in [9.17, 15) is 4.79 Å². The van der Waals surface area contributed by atoms with Gasteiger partial charge >= 0.3 is 0 Å². The lowest BCUT2D eigenvalue weighted by atomic mass is 10.2. The molecule has 1 atom stereocenters. The molecule has 0 heterocycles. The van der Waals surface area contributed by atoms with Crippen molar-refractivity contribution in [2.75, 3.05) is 5.32 Å². The molecule has 0 aliphatic heterocycles. The van der Waals surface area contributed by atoms with Crippen LogP contribution >= 0.6 is 11.6 Å². The molecule has 0 saturated heterocycles. The number of rotatable bonds is 7. The van der Waals surface area contributed by atoms with Crippen LogP contribution in [-0.2, 0) is 4.79 Å². The predicted molar refractivity (Wildman–Crippen MR) is 108 cm³/mol. The smallest absolute Gasteiger partial charge is 0.265 e. The van der Waals surface area contributed by atoms with Crippen molar-refractivity contribution >= 4 is 23.2 Å². The van der Waals surface area contributed by atoms with Gasteiger partial charge in [0.2, 0.25) is 0 Å². The summed E-state index contributed by atoms with van der Waals surface area (Å²) >= 11 is 5.87. The van der Waals surface area contributed by atoms with Crippen LogP contribution < -0.4 is 14.8 Å². The topological polar surface area (TPSA) is 47.6 Å². The average molecular weight is 382 g/mol. The Bertz CT molecular complexity index is 864. The van der Waals surface area contributed by atoms with Gasteiger partial charge in [-0.1, -0.05) is 36.7 Å². The summed E-state index contributed by atoms with van der Waals surface area (Å²) in [6.45, 7) is 1.90. The molecule has 0 unspecified atom stereocenters. The lowest BCUT2D eigenvalue weighted by Crippen LogP contribution is -2.32. The maximum absolute atomic E-state index is 12.5. The molecule has 4 nitrogen and oxygen atoms in total. The molecule has 138 valence electrons. The molecule has 3 aromatic carbocycles. The van der Waals surface area contributed by atoms with Crippen LogP contribution in [0.4, 0.5) is 5.69 Å². The number of carbonyl (C=O) groups excluding carboxylic acids is 1. The number of hydrogen-bond acceptors (Lipinski definition) is 3. The van der Waals surface area contributed by atoms with Crippen molar-refractivity contribution in [3.8, 4) is 17.2 Å². The van der Waals surface area contributed by atoms with Gasteiger partial charge in [-0.25, -0.2) is 0 Å². The second kappa shape index (κ2) is 9.10. The molecule has 0 aliphatic carbocycles. The van der Waals surface area contributed by atoms with Crippen LogP contribution in [0.1, 0.15) is 13.3 Å². The third kappa shape index (κ3) is 5.50. The van der Waals surface area contributed by atoms with E-state index in [2.05, 4.69) is 5.32 Å². The van der Waals surface area contributed by atoms with E-state index in [-0.39, 0.29) is 5.91 Å². The van der Waals surface area contributed by atoms with Crippen molar-refractivity contribution in [1.82, 2.24) is 0 Å². The second-order valence-corrected chi connectivity index (χ2v) is 6.33. The minimum atomic E-state index is -0.591. The Balaban J connectivity index is 1.59. The first-order valence-corrected chi connectivity index (χ1v) is 9.08. The van der Waals surface area contributed by atoms with Crippen LogP contribution in [0.25, 0.3) is 0 Å². The Morgan fingerprint density at radius 1 is 0.889 bits per heavy atom. The van der Waals surface area contributed by atoms with Gasteiger partial charge in [-0.3, -0.25) is 4.79 Å². The molecule has 0 fully saturated rings. The highest BCUT2D eigenvalue weighted by Gasteiger charge is 2.18. The SMILES string of the molecule is CC[C@@H](Oc1ccc(Cl)cc1)C(=O)Nc1ccc(Oc2ccccc2)cc1. The maximum Gasteiger partial charge on any atom is 0.265 e. The Kier molecular flexibility index (Phi) is 6.34. The lowest BCUT2D eigenvalue weighted by Gasteiger charge is -2.17. The van der Waals surface area contributed by atoms with E-state index in [1.807, 2.05) is 49.4 Å². The maximum atomic E-state index is 12.5. The fourth-order valence-electron chi connectivity index (χ4n) is 2.45. The Hall–Kier alpha value is -2.98. The number of amides is 1. The van der Waals surface area contributed by atoms with Gasteiger partial charge in [-0.05, 0) is 67.1 Å². The minimum Gasteiger partial charge on any atom is -0.481 e. The van der Waals surface area contributed by atoms with Gasteiger partial charge in [-0.15, -0.1) is 0 Å². The van der Waals surface area contributed by atoms with E-state index in [1.165, 1.54) is 0 Å². The van der Waals surface area contributed by atoms with Crippen molar-refractivity contribution in [2.45, 2.75) is 19.4 Å². The highest BCUT2D eigenvalue weighted by molar-refractivity contribution is 6.30. The summed E-state index contributed by atoms with van der Waals surface area (Å²) < 4.78 is 11.5. The Labute approximate surface area is 163 Å². The molecule has 0 spiro atoms. The van der Waals surface area contributed by atoms with E-state index >= 15 is 0 Å². The van der Waals surface area contributed by atoms with Gasteiger partial charge in [-0.2, -0.15) is 0 Å². The largest absolute Gasteiger partial charge is 0.481 e. The fraction of sp³-hybridized carbons (Fsp3) is 0.136. The summed E-state index contributed by atoms with van der Waals surface area (Å²) in [6.07, 6.45) is -0.0460. The molecule has 1 N–H and O–H groups in total. The van der Waals surface area contributed by atoms with E-state index in [0.29, 0.717) is 28.6 Å². The van der Waals surface area contributed by atoms with Crippen molar-refractivity contribution in [1.29, 1.82) is 0 Å². The molecule has 5 heteroatoms. The van der Waals surface area contributed by atoms with E-state index < -0.39 is 6.10 Å². The number of ether oxygens (including phenoxy) is 2. The van der Waals surface area contributed by atoms with Gasteiger partial charge in [0.15, 0.2) is 6.10 Å². The zero-order chi connectivity index (χ0) is 19.1. The zero-order valence-electron chi connectivity index (χ0n) is 14.9. The van der Waals surface area contributed by atoms with Gasteiger partial charge < -0.3 is 14.8 Å². The van der Waals surface area contributed by atoms with Crippen molar-refractivity contribution in [3.05, 3.63) is 83.9 Å². The van der Waals surface area contributed by atoms with Gasteiger partial charge in [0.25, 0.3) is 5.91 Å². The molecule has 1 amide bonds. The van der Waals surface area contributed by atoms with Gasteiger partial charge in [0.1, 0.15) is 17.2 Å². The minimum absolute atomic E-state index is 0.204. The molecule has 0 aromatic heterocycles. The highest BCUT2D eigenvalue weighted by Crippen LogP contribution is 2.23. The summed E-state index contributed by atoms with van der Waals surface area (Å²) in [5.74, 6) is 1.86. The number of carbonyl (C=O) groups is 1. The fourth-order valence-corrected chi connectivity index (χ4v) is 2.58. The third-order valence-corrected chi connectivity index (χ3v) is 4.11. The average Bonchev–Trinajstić information content (AvgIpc) is 2.70. The molecular weight excluding hydrogens is 362 g/mol. The predicted octanol–water partition coefficient (Wildman–Crippen LogP) is 5.93. The summed E-state index contributed by atoms with van der Waals surface area (Å²) in [5.41, 5.74) is 0.679. The monoisotopic (exact) mass is 381 g/mol. The summed E-state index contributed by atoms with van der Waals surface area (Å²) in [7, 11) is 0. The van der Waals surface area contributed by atoms with E-state index in [1.54, 1.807) is 36.4 Å². The first-order valence-electron chi connectivity index (χ1n) is 8.70. The lowest BCUT2D eigenvalue weighted by molar-refractivity contribution is -0.122. The van der Waals surface area contributed by atoms with Crippen LogP contribution in [0.5, 0.6) is 17.2 Å². The summed E-state index contributed by atoms with van der Waals surface area (Å²) in [5, 5.41) is 3.49. The van der Waals surface area contributed by atoms with E-state index in [0.717, 1.165) is 5.75 Å². The van der Waals surface area contributed by atoms with Crippen LogP contribution in [0.2, 0.25) is 5.02 Å². The molecule has 3 rings (SSSR count). The van der Waals surface area contributed by atoms with Gasteiger partial charge in [0, 0.05) is 10.7 Å². The molecular formula is C22H20ClNO3. The molecule has 0 bridgehead atoms. The Morgan fingerprint density at radius 3 is 2.11 bits per heavy atom. The van der Waals surface area contributed by atoms with Crippen molar-refractivity contribution in [2.24, 2.45) is 0 Å². The number of halogens is 1. The van der Waals surface area contributed by atoms with Gasteiger partial charge in [0.05, 0.1) is 0 Å². The number of anilines is 1. The molecule has 0 radical (unpaired) electrons. The summed E-state index contributed by atoms with van der Waals surface area (Å²) in [4.78, 5) is 12.5. The van der Waals surface area contributed by atoms with Crippen molar-refractivity contribution < 1.29 is 14.3 Å². The Morgan fingerprint density at radius 2 is 1.48 bits per heavy atom. The van der Waals surface area contributed by atoms with Crippen molar-refractivity contribution in [3.63, 3.8) is 0 Å². The first kappa shape index (κ1) is 18.8. The number of hydrogen-bond donors (Lipinski definition) is 1. The van der Waals surface area contributed by atoms with E-state index in [4.69, 9.17) is 21.1 Å². The normalized spacial score (nSPS) is 11.5. The number of para-hydroxylation sites is 1. The number of benzene rings is 3. The second-order valence-electron chi connectivity index (χ2n) is 5.90. The quantitative estimate of drug-likeness (QED) is 0.551. The van der Waals surface area contributed by atoms with Crippen LogP contribution in [-0.4, -0.2) is 12.0 Å². The zero-order valence-corrected chi connectivity index (χ0v) is 15.6. The highest BCUT2D eigenvalue weighted by atomic mass is 35.5. The van der Waals surface area contributed by atoms with Crippen LogP contribution in [0, 0.1) is 0 Å². The first-order chi connectivity index (χ1) is 13.1. The molecule has 0 aliphatic rings. The molecule has 3 aromatic rings. The van der Waals surface area contributed by atoms with Crippen LogP contribution in [0.15, 0.2) is 78.9 Å². The summed E-state index contributed by atoms with van der Waals surface area (Å²) in [6, 6.07) is 23.7. The third-order valence-electron chi connectivity index (χ3n) is 3.86. The molecule has 0 saturated carbocycles. The number of nitrogens with one attached hydrogen (secondary N) is 1. The van der Waals surface area contributed by atoms with Crippen LogP contribution in [0.3, 0.4) is 0 Å². The molecule has 27 heavy (non-hydrogen) atoms. The standard InChI is InChI=1S/C22H20ClNO3/c1-2-21(27-20-12-8-16(23)9-13-20)22(25)24-17-10-14-19(15-11-17)26-18-6-4-3-5-7-18/h3-15,21H,2H2,1H3,(H,24,25)/t21-/m1/s1.